The summed E-state index contributed by atoms with van der Waals surface area (Å²) in [6.45, 7) is 4.32. The summed E-state index contributed by atoms with van der Waals surface area (Å²) in [6.07, 6.45) is 1.94. The van der Waals surface area contributed by atoms with Crippen molar-refractivity contribution >= 4 is 11.3 Å². The van der Waals surface area contributed by atoms with Crippen LogP contribution in [-0.2, 0) is 0 Å². The van der Waals surface area contributed by atoms with Crippen molar-refractivity contribution in [1.29, 1.82) is 0 Å². The van der Waals surface area contributed by atoms with E-state index < -0.39 is 0 Å². The van der Waals surface area contributed by atoms with Gasteiger partial charge in [-0.05, 0) is 19.1 Å². The molecular formula is C11H13N3S. The Bertz CT molecular complexity index is 454. The largest absolute Gasteiger partial charge is 0.359 e. The van der Waals surface area contributed by atoms with Crippen LogP contribution in [0.5, 0.6) is 0 Å². The molecule has 0 amide bonds. The maximum Gasteiger partial charge on any atom is 0.140 e. The van der Waals surface area contributed by atoms with Crippen LogP contribution in [0.2, 0.25) is 0 Å². The Morgan fingerprint density at radius 1 is 1.47 bits per heavy atom. The highest BCUT2D eigenvalue weighted by Crippen LogP contribution is 2.33. The fraction of sp³-hybridized carbons (Fsp3) is 0.364. The lowest BCUT2D eigenvalue weighted by atomic mass is 10.0. The smallest absolute Gasteiger partial charge is 0.140 e. The average Bonchev–Trinajstić information content (AvgIpc) is 2.72. The van der Waals surface area contributed by atoms with Crippen LogP contribution in [0.4, 0.5) is 0 Å². The first-order chi connectivity index (χ1) is 7.34. The Balaban J connectivity index is 1.97. The van der Waals surface area contributed by atoms with Crippen molar-refractivity contribution in [3.05, 3.63) is 28.9 Å². The molecule has 0 spiro atoms. The number of aromatic amines is 1. The molecular weight excluding hydrogens is 206 g/mol. The van der Waals surface area contributed by atoms with Crippen LogP contribution in [0, 0.1) is 6.92 Å². The summed E-state index contributed by atoms with van der Waals surface area (Å²) in [7, 11) is 0. The monoisotopic (exact) mass is 219 g/mol. The van der Waals surface area contributed by atoms with Crippen molar-refractivity contribution in [3.63, 3.8) is 0 Å². The maximum atomic E-state index is 4.62. The first-order valence-corrected chi connectivity index (χ1v) is 5.98. The summed E-state index contributed by atoms with van der Waals surface area (Å²) >= 11 is 1.82. The standard InChI is InChI=1S/C11H13N3S/c1-7-10(8-5-12-6-8)15-11(14-7)9-3-2-4-13-9/h2-4,8,12-13H,5-6H2,1H3. The van der Waals surface area contributed by atoms with E-state index >= 15 is 0 Å². The molecule has 4 heteroatoms. The second-order valence-electron chi connectivity index (χ2n) is 3.91. The van der Waals surface area contributed by atoms with Gasteiger partial charge in [-0.1, -0.05) is 0 Å². The van der Waals surface area contributed by atoms with E-state index in [1.807, 2.05) is 23.6 Å². The number of nitrogens with one attached hydrogen (secondary N) is 2. The van der Waals surface area contributed by atoms with Crippen molar-refractivity contribution in [1.82, 2.24) is 15.3 Å². The fourth-order valence-corrected chi connectivity index (χ4v) is 2.99. The molecule has 3 heterocycles. The Labute approximate surface area is 92.6 Å². The third kappa shape index (κ3) is 1.50. The van der Waals surface area contributed by atoms with Gasteiger partial charge >= 0.3 is 0 Å². The Morgan fingerprint density at radius 3 is 2.93 bits per heavy atom. The molecule has 0 aliphatic carbocycles. The lowest BCUT2D eigenvalue weighted by Gasteiger charge is -2.26. The maximum absolute atomic E-state index is 4.62. The van der Waals surface area contributed by atoms with E-state index in [2.05, 4.69) is 28.3 Å². The molecule has 1 saturated heterocycles. The van der Waals surface area contributed by atoms with E-state index in [0.717, 1.165) is 23.8 Å². The average molecular weight is 219 g/mol. The number of aryl methyl sites for hydroxylation is 1. The van der Waals surface area contributed by atoms with Crippen molar-refractivity contribution in [3.8, 4) is 10.7 Å². The van der Waals surface area contributed by atoms with Gasteiger partial charge in [0.15, 0.2) is 0 Å². The number of aromatic nitrogens is 2. The van der Waals surface area contributed by atoms with Gasteiger partial charge in [-0.15, -0.1) is 11.3 Å². The molecule has 3 rings (SSSR count). The van der Waals surface area contributed by atoms with Gasteiger partial charge in [-0.3, -0.25) is 0 Å². The molecule has 2 aromatic rings. The molecule has 1 aliphatic heterocycles. The summed E-state index contributed by atoms with van der Waals surface area (Å²) < 4.78 is 0. The lowest BCUT2D eigenvalue weighted by molar-refractivity contribution is 0.452. The Morgan fingerprint density at radius 2 is 2.33 bits per heavy atom. The van der Waals surface area contributed by atoms with Crippen LogP contribution in [0.15, 0.2) is 18.3 Å². The summed E-state index contributed by atoms with van der Waals surface area (Å²) in [5, 5.41) is 4.41. The zero-order valence-corrected chi connectivity index (χ0v) is 9.40. The first-order valence-electron chi connectivity index (χ1n) is 5.16. The normalized spacial score (nSPS) is 16.6. The molecule has 0 unspecified atom stereocenters. The first kappa shape index (κ1) is 9.12. The highest BCUT2D eigenvalue weighted by molar-refractivity contribution is 7.15. The van der Waals surface area contributed by atoms with Gasteiger partial charge in [0, 0.05) is 30.1 Å². The van der Waals surface area contributed by atoms with E-state index in [4.69, 9.17) is 0 Å². The zero-order chi connectivity index (χ0) is 10.3. The van der Waals surface area contributed by atoms with Crippen molar-refractivity contribution in [2.24, 2.45) is 0 Å². The minimum absolute atomic E-state index is 0.686. The van der Waals surface area contributed by atoms with Gasteiger partial charge in [-0.25, -0.2) is 4.98 Å². The molecule has 15 heavy (non-hydrogen) atoms. The fourth-order valence-electron chi connectivity index (χ4n) is 1.84. The van der Waals surface area contributed by atoms with Crippen LogP contribution in [0.25, 0.3) is 10.7 Å². The predicted molar refractivity (Wildman–Crippen MR) is 62.2 cm³/mol. The predicted octanol–water partition coefficient (Wildman–Crippen LogP) is 2.13. The van der Waals surface area contributed by atoms with Crippen LogP contribution < -0.4 is 5.32 Å². The number of H-pyrrole nitrogens is 1. The molecule has 2 N–H and O–H groups in total. The summed E-state index contributed by atoms with van der Waals surface area (Å²) in [6, 6.07) is 4.08. The van der Waals surface area contributed by atoms with Crippen LogP contribution in [-0.4, -0.2) is 23.1 Å². The van der Waals surface area contributed by atoms with E-state index in [1.165, 1.54) is 10.6 Å². The molecule has 2 aromatic heterocycles. The van der Waals surface area contributed by atoms with Crippen LogP contribution in [0.3, 0.4) is 0 Å². The van der Waals surface area contributed by atoms with Gasteiger partial charge in [-0.2, -0.15) is 0 Å². The molecule has 0 atom stereocenters. The number of hydrogen-bond donors (Lipinski definition) is 2. The molecule has 0 bridgehead atoms. The zero-order valence-electron chi connectivity index (χ0n) is 8.58. The van der Waals surface area contributed by atoms with E-state index in [9.17, 15) is 0 Å². The lowest BCUT2D eigenvalue weighted by Crippen LogP contribution is -2.39. The van der Waals surface area contributed by atoms with Crippen molar-refractivity contribution in [2.75, 3.05) is 13.1 Å². The van der Waals surface area contributed by atoms with Crippen molar-refractivity contribution < 1.29 is 0 Å². The molecule has 0 aromatic carbocycles. The second-order valence-corrected chi connectivity index (χ2v) is 4.94. The minimum Gasteiger partial charge on any atom is -0.359 e. The van der Waals surface area contributed by atoms with E-state index in [1.54, 1.807) is 0 Å². The Hall–Kier alpha value is -1.13. The summed E-state index contributed by atoms with van der Waals surface area (Å²) in [4.78, 5) is 9.26. The number of nitrogens with zero attached hydrogens (tertiary/aromatic N) is 1. The minimum atomic E-state index is 0.686. The van der Waals surface area contributed by atoms with E-state index in [0.29, 0.717) is 5.92 Å². The second kappa shape index (κ2) is 3.47. The summed E-state index contributed by atoms with van der Waals surface area (Å²) in [5.41, 5.74) is 2.32. The van der Waals surface area contributed by atoms with Crippen LogP contribution in [0.1, 0.15) is 16.5 Å². The number of thiazole rings is 1. The SMILES string of the molecule is Cc1nc(-c2ccc[nH]2)sc1C1CNC1. The molecule has 0 saturated carbocycles. The topological polar surface area (TPSA) is 40.7 Å². The Kier molecular flexibility index (Phi) is 2.11. The van der Waals surface area contributed by atoms with Crippen LogP contribution >= 0.6 is 11.3 Å². The van der Waals surface area contributed by atoms with Gasteiger partial charge in [0.1, 0.15) is 5.01 Å². The number of hydrogen-bond acceptors (Lipinski definition) is 3. The molecule has 3 nitrogen and oxygen atoms in total. The van der Waals surface area contributed by atoms with Gasteiger partial charge in [0.25, 0.3) is 0 Å². The quantitative estimate of drug-likeness (QED) is 0.812. The van der Waals surface area contributed by atoms with Gasteiger partial charge in [0.05, 0.1) is 11.4 Å². The molecule has 1 aliphatic rings. The molecule has 0 radical (unpaired) electrons. The third-order valence-electron chi connectivity index (χ3n) is 2.81. The van der Waals surface area contributed by atoms with Gasteiger partial charge in [0.2, 0.25) is 0 Å². The van der Waals surface area contributed by atoms with E-state index in [-0.39, 0.29) is 0 Å². The number of rotatable bonds is 2. The summed E-state index contributed by atoms with van der Waals surface area (Å²) in [5.74, 6) is 0.686. The highest BCUT2D eigenvalue weighted by atomic mass is 32.1. The van der Waals surface area contributed by atoms with Gasteiger partial charge < -0.3 is 10.3 Å². The highest BCUT2D eigenvalue weighted by Gasteiger charge is 2.24. The molecule has 1 fully saturated rings. The molecule has 78 valence electrons. The third-order valence-corrected chi connectivity index (χ3v) is 4.17. The van der Waals surface area contributed by atoms with Crippen molar-refractivity contribution in [2.45, 2.75) is 12.8 Å².